The van der Waals surface area contributed by atoms with Crippen LogP contribution in [0.1, 0.15) is 30.0 Å². The summed E-state index contributed by atoms with van der Waals surface area (Å²) in [5.74, 6) is -0.298. The van der Waals surface area contributed by atoms with E-state index in [1.165, 1.54) is 0 Å². The van der Waals surface area contributed by atoms with Crippen molar-refractivity contribution >= 4 is 17.7 Å². The zero-order chi connectivity index (χ0) is 14.0. The molecule has 0 saturated heterocycles. The van der Waals surface area contributed by atoms with Crippen LogP contribution in [0.5, 0.6) is 0 Å². The lowest BCUT2D eigenvalue weighted by Crippen LogP contribution is -2.12. The molecule has 0 fully saturated rings. The van der Waals surface area contributed by atoms with Crippen LogP contribution in [0.15, 0.2) is 9.68 Å². The van der Waals surface area contributed by atoms with Crippen molar-refractivity contribution in [2.75, 3.05) is 5.75 Å². The van der Waals surface area contributed by atoms with Crippen LogP contribution in [0.4, 0.5) is 0 Å². The predicted molar refractivity (Wildman–Crippen MR) is 66.0 cm³/mol. The van der Waals surface area contributed by atoms with Crippen LogP contribution in [0.3, 0.4) is 0 Å². The molecule has 2 heterocycles. The van der Waals surface area contributed by atoms with Crippen molar-refractivity contribution in [2.45, 2.75) is 32.0 Å². The van der Waals surface area contributed by atoms with Crippen molar-refractivity contribution in [3.63, 3.8) is 0 Å². The summed E-state index contributed by atoms with van der Waals surface area (Å²) in [6.45, 7) is 5.57. The Balaban J connectivity index is 2.27. The van der Waals surface area contributed by atoms with E-state index in [1.54, 1.807) is 4.68 Å². The summed E-state index contributed by atoms with van der Waals surface area (Å²) >= 11 is 1.08. The molecule has 0 saturated carbocycles. The van der Waals surface area contributed by atoms with Crippen LogP contribution in [0.25, 0.3) is 0 Å². The highest BCUT2D eigenvalue weighted by Crippen LogP contribution is 2.27. The number of tetrazole rings is 1. The highest BCUT2D eigenvalue weighted by molar-refractivity contribution is 7.99. The second-order valence-corrected chi connectivity index (χ2v) is 4.94. The van der Waals surface area contributed by atoms with Gasteiger partial charge < -0.3 is 9.63 Å². The molecule has 8 nitrogen and oxygen atoms in total. The summed E-state index contributed by atoms with van der Waals surface area (Å²) in [7, 11) is 0. The maximum absolute atomic E-state index is 10.6. The number of hydrogen-bond acceptors (Lipinski definition) is 7. The van der Waals surface area contributed by atoms with E-state index in [1.807, 2.05) is 20.8 Å². The summed E-state index contributed by atoms with van der Waals surface area (Å²) in [4.78, 5) is 10.6. The van der Waals surface area contributed by atoms with E-state index in [2.05, 4.69) is 20.7 Å². The number of hydrogen-bond donors (Lipinski definition) is 1. The number of carboxylic acid groups (broad SMARTS) is 1. The van der Waals surface area contributed by atoms with Crippen molar-refractivity contribution in [1.82, 2.24) is 25.4 Å². The fourth-order valence-corrected chi connectivity index (χ4v) is 2.53. The third-order valence-corrected chi connectivity index (χ3v) is 3.58. The molecule has 0 radical (unpaired) electrons. The minimum Gasteiger partial charge on any atom is -0.481 e. The van der Waals surface area contributed by atoms with E-state index >= 15 is 0 Å². The Morgan fingerprint density at radius 3 is 2.84 bits per heavy atom. The van der Waals surface area contributed by atoms with E-state index in [0.717, 1.165) is 23.0 Å². The Hall–Kier alpha value is -1.90. The molecule has 0 bridgehead atoms. The molecule has 1 N–H and O–H groups in total. The highest BCUT2D eigenvalue weighted by Gasteiger charge is 2.22. The number of aliphatic carboxylic acids is 1. The van der Waals surface area contributed by atoms with Gasteiger partial charge in [0.05, 0.1) is 17.5 Å². The fourth-order valence-electron chi connectivity index (χ4n) is 1.86. The molecule has 19 heavy (non-hydrogen) atoms. The zero-order valence-corrected chi connectivity index (χ0v) is 11.5. The first-order valence-corrected chi connectivity index (χ1v) is 6.54. The minimum absolute atomic E-state index is 0.0886. The van der Waals surface area contributed by atoms with Crippen molar-refractivity contribution in [3.8, 4) is 0 Å². The first kappa shape index (κ1) is 13.5. The third-order valence-electron chi connectivity index (χ3n) is 2.66. The SMILES string of the molecule is Cc1noc(C)c1C(C)n1nnnc1SCC(=O)O. The number of carboxylic acids is 1. The molecule has 2 aromatic heterocycles. The quantitative estimate of drug-likeness (QED) is 0.812. The van der Waals surface area contributed by atoms with Crippen LogP contribution < -0.4 is 0 Å². The number of aromatic nitrogens is 5. The van der Waals surface area contributed by atoms with Gasteiger partial charge in [-0.3, -0.25) is 4.79 Å². The monoisotopic (exact) mass is 283 g/mol. The summed E-state index contributed by atoms with van der Waals surface area (Å²) in [6, 6.07) is -0.169. The normalized spacial score (nSPS) is 12.6. The smallest absolute Gasteiger partial charge is 0.313 e. The summed E-state index contributed by atoms with van der Waals surface area (Å²) in [5.41, 5.74) is 1.68. The second kappa shape index (κ2) is 5.39. The standard InChI is InChI=1S/C10H13N5O3S/c1-5-9(7(3)18-12-5)6(2)15-10(11-13-14-15)19-4-8(16)17/h6H,4H2,1-3H3,(H,16,17). The van der Waals surface area contributed by atoms with Crippen LogP contribution in [0.2, 0.25) is 0 Å². The van der Waals surface area contributed by atoms with Gasteiger partial charge in [-0.15, -0.1) is 5.10 Å². The van der Waals surface area contributed by atoms with Crippen LogP contribution in [-0.2, 0) is 4.79 Å². The first-order chi connectivity index (χ1) is 9.00. The van der Waals surface area contributed by atoms with Crippen molar-refractivity contribution in [1.29, 1.82) is 0 Å². The molecule has 0 spiro atoms. The summed E-state index contributed by atoms with van der Waals surface area (Å²) in [5, 5.41) is 24.4. The zero-order valence-electron chi connectivity index (χ0n) is 10.7. The summed E-state index contributed by atoms with van der Waals surface area (Å²) in [6.07, 6.45) is 0. The Labute approximate surface area is 113 Å². The number of aryl methyl sites for hydroxylation is 2. The molecule has 0 aromatic carbocycles. The number of rotatable bonds is 5. The van der Waals surface area contributed by atoms with Gasteiger partial charge in [0, 0.05) is 5.56 Å². The molecule has 102 valence electrons. The van der Waals surface area contributed by atoms with Crippen molar-refractivity contribution in [3.05, 3.63) is 17.0 Å². The topological polar surface area (TPSA) is 107 Å². The molecule has 1 atom stereocenters. The van der Waals surface area contributed by atoms with Gasteiger partial charge >= 0.3 is 5.97 Å². The predicted octanol–water partition coefficient (Wildman–Crippen LogP) is 1.06. The van der Waals surface area contributed by atoms with Gasteiger partial charge in [-0.05, 0) is 31.2 Å². The largest absolute Gasteiger partial charge is 0.481 e. The van der Waals surface area contributed by atoms with Gasteiger partial charge in [-0.2, -0.15) is 0 Å². The number of nitrogens with zero attached hydrogens (tertiary/aromatic N) is 5. The maximum atomic E-state index is 10.6. The lowest BCUT2D eigenvalue weighted by Gasteiger charge is -2.12. The molecule has 0 aliphatic heterocycles. The summed E-state index contributed by atoms with van der Waals surface area (Å²) < 4.78 is 6.69. The minimum atomic E-state index is -0.912. The molecular weight excluding hydrogens is 270 g/mol. The maximum Gasteiger partial charge on any atom is 0.313 e. The molecular formula is C10H13N5O3S. The van der Waals surface area contributed by atoms with Gasteiger partial charge in [0.25, 0.3) is 0 Å². The lowest BCUT2D eigenvalue weighted by atomic mass is 10.1. The Morgan fingerprint density at radius 1 is 1.53 bits per heavy atom. The van der Waals surface area contributed by atoms with Crippen molar-refractivity contribution < 1.29 is 14.4 Å². The molecule has 2 rings (SSSR count). The van der Waals surface area contributed by atoms with Crippen LogP contribution in [0, 0.1) is 13.8 Å². The van der Waals surface area contributed by atoms with Gasteiger partial charge in [-0.1, -0.05) is 16.9 Å². The van der Waals surface area contributed by atoms with Crippen LogP contribution in [-0.4, -0.2) is 42.2 Å². The van der Waals surface area contributed by atoms with E-state index in [-0.39, 0.29) is 11.8 Å². The van der Waals surface area contributed by atoms with E-state index in [9.17, 15) is 4.79 Å². The first-order valence-electron chi connectivity index (χ1n) is 5.56. The van der Waals surface area contributed by atoms with Gasteiger partial charge in [-0.25, -0.2) is 4.68 Å². The van der Waals surface area contributed by atoms with Crippen molar-refractivity contribution in [2.24, 2.45) is 0 Å². The third kappa shape index (κ3) is 2.75. The van der Waals surface area contributed by atoms with Gasteiger partial charge in [0.1, 0.15) is 5.76 Å². The molecule has 9 heteroatoms. The fraction of sp³-hybridized carbons (Fsp3) is 0.500. The van der Waals surface area contributed by atoms with Crippen LogP contribution >= 0.6 is 11.8 Å². The Kier molecular flexibility index (Phi) is 3.84. The number of carbonyl (C=O) groups is 1. The second-order valence-electron chi connectivity index (χ2n) is 4.00. The highest BCUT2D eigenvalue weighted by atomic mass is 32.2. The van der Waals surface area contributed by atoms with E-state index in [4.69, 9.17) is 9.63 Å². The lowest BCUT2D eigenvalue weighted by molar-refractivity contribution is -0.133. The van der Waals surface area contributed by atoms with E-state index in [0.29, 0.717) is 10.9 Å². The molecule has 2 aromatic rings. The molecule has 0 amide bonds. The number of thioether (sulfide) groups is 1. The van der Waals surface area contributed by atoms with Gasteiger partial charge in [0.2, 0.25) is 5.16 Å². The average molecular weight is 283 g/mol. The average Bonchev–Trinajstić information content (AvgIpc) is 2.93. The Morgan fingerprint density at radius 2 is 2.26 bits per heavy atom. The van der Waals surface area contributed by atoms with E-state index < -0.39 is 5.97 Å². The Bertz CT molecular complexity index is 574. The molecule has 0 aliphatic rings. The van der Waals surface area contributed by atoms with Gasteiger partial charge in [0.15, 0.2) is 0 Å². The molecule has 1 unspecified atom stereocenters. The molecule has 0 aliphatic carbocycles.